The van der Waals surface area contributed by atoms with Crippen LogP contribution in [0.15, 0.2) is 6.07 Å². The number of carbonyl (C=O) groups is 2. The summed E-state index contributed by atoms with van der Waals surface area (Å²) in [7, 11) is 1.36. The minimum absolute atomic E-state index is 0.0458. The molecule has 0 aromatic heterocycles. The van der Waals surface area contributed by atoms with Gasteiger partial charge in [0.15, 0.2) is 11.5 Å². The number of aliphatic carboxylic acids is 1. The van der Waals surface area contributed by atoms with E-state index < -0.39 is 17.9 Å². The molecular weight excluding hydrogens is 280 g/mol. The molecule has 0 saturated heterocycles. The van der Waals surface area contributed by atoms with Gasteiger partial charge in [-0.2, -0.15) is 0 Å². The second-order valence-corrected chi connectivity index (χ2v) is 4.39. The van der Waals surface area contributed by atoms with Gasteiger partial charge in [0.1, 0.15) is 11.3 Å². The van der Waals surface area contributed by atoms with E-state index in [0.717, 1.165) is 0 Å². The Morgan fingerprint density at radius 1 is 1.43 bits per heavy atom. The minimum atomic E-state index is -1.04. The van der Waals surface area contributed by atoms with Crippen LogP contribution >= 0.6 is 0 Å². The lowest BCUT2D eigenvalue weighted by Crippen LogP contribution is -2.13. The molecule has 0 spiro atoms. The molecule has 1 N–H and O–H groups in total. The van der Waals surface area contributed by atoms with Crippen molar-refractivity contribution in [2.24, 2.45) is 0 Å². The van der Waals surface area contributed by atoms with Crippen molar-refractivity contribution in [1.29, 1.82) is 0 Å². The Balaban J connectivity index is 2.66. The van der Waals surface area contributed by atoms with Crippen LogP contribution in [0.2, 0.25) is 0 Å². The van der Waals surface area contributed by atoms with Gasteiger partial charge in [-0.3, -0.25) is 4.79 Å². The highest BCUT2D eigenvalue weighted by Crippen LogP contribution is 2.45. The first-order valence-corrected chi connectivity index (χ1v) is 6.41. The molecule has 1 aromatic rings. The Morgan fingerprint density at radius 3 is 2.71 bits per heavy atom. The number of hydrogen-bond acceptors (Lipinski definition) is 6. The van der Waals surface area contributed by atoms with Crippen molar-refractivity contribution >= 4 is 11.9 Å². The number of fused-ring (bicyclic) bond motifs is 1. The van der Waals surface area contributed by atoms with Crippen LogP contribution in [0.1, 0.15) is 35.7 Å². The average Bonchev–Trinajstić information content (AvgIpc) is 2.92. The largest absolute Gasteiger partial charge is 0.495 e. The van der Waals surface area contributed by atoms with Crippen LogP contribution in [0.25, 0.3) is 0 Å². The zero-order valence-electron chi connectivity index (χ0n) is 12.0. The first-order chi connectivity index (χ1) is 10.0. The minimum Gasteiger partial charge on any atom is -0.495 e. The van der Waals surface area contributed by atoms with E-state index in [2.05, 4.69) is 0 Å². The standard InChI is InChI=1S/C14H16O7/c1-4-19-14(17)10-11(18-3)8(7(2)13(15)16)5-9-12(10)21-6-20-9/h5,7H,4,6H2,1-3H3,(H,15,16). The van der Waals surface area contributed by atoms with Crippen LogP contribution in [-0.2, 0) is 9.53 Å². The molecule has 0 amide bonds. The van der Waals surface area contributed by atoms with Gasteiger partial charge in [0, 0.05) is 5.56 Å². The number of hydrogen-bond donors (Lipinski definition) is 1. The van der Waals surface area contributed by atoms with Crippen molar-refractivity contribution in [3.8, 4) is 17.2 Å². The molecule has 2 rings (SSSR count). The first kappa shape index (κ1) is 15.0. The van der Waals surface area contributed by atoms with Crippen LogP contribution in [-0.4, -0.2) is 37.6 Å². The highest BCUT2D eigenvalue weighted by atomic mass is 16.7. The number of methoxy groups -OCH3 is 1. The number of esters is 1. The molecule has 1 aromatic carbocycles. The number of rotatable bonds is 5. The van der Waals surface area contributed by atoms with Gasteiger partial charge in [-0.1, -0.05) is 0 Å². The molecule has 114 valence electrons. The fourth-order valence-electron chi connectivity index (χ4n) is 2.11. The van der Waals surface area contributed by atoms with E-state index >= 15 is 0 Å². The Labute approximate surface area is 121 Å². The Morgan fingerprint density at radius 2 is 2.14 bits per heavy atom. The van der Waals surface area contributed by atoms with Crippen molar-refractivity contribution in [3.63, 3.8) is 0 Å². The Bertz CT molecular complexity index is 579. The second kappa shape index (κ2) is 5.90. The third-order valence-electron chi connectivity index (χ3n) is 3.17. The van der Waals surface area contributed by atoms with Crippen LogP contribution in [0.4, 0.5) is 0 Å². The monoisotopic (exact) mass is 296 g/mol. The molecule has 1 unspecified atom stereocenters. The van der Waals surface area contributed by atoms with E-state index in [-0.39, 0.29) is 30.5 Å². The molecule has 0 radical (unpaired) electrons. The molecule has 1 heterocycles. The number of benzene rings is 1. The smallest absolute Gasteiger partial charge is 0.345 e. The quantitative estimate of drug-likeness (QED) is 0.828. The molecule has 7 heteroatoms. The molecule has 0 aliphatic carbocycles. The Hall–Kier alpha value is -2.44. The predicted octanol–water partition coefficient (Wildman–Crippen LogP) is 1.79. The van der Waals surface area contributed by atoms with Gasteiger partial charge in [0.2, 0.25) is 6.79 Å². The van der Waals surface area contributed by atoms with Gasteiger partial charge >= 0.3 is 11.9 Å². The van der Waals surface area contributed by atoms with E-state index in [4.69, 9.17) is 18.9 Å². The maximum atomic E-state index is 12.1. The summed E-state index contributed by atoms with van der Waals surface area (Å²) in [6.07, 6.45) is 0. The van der Waals surface area contributed by atoms with Gasteiger partial charge in [-0.05, 0) is 19.9 Å². The van der Waals surface area contributed by atoms with Crippen LogP contribution in [0.3, 0.4) is 0 Å². The average molecular weight is 296 g/mol. The first-order valence-electron chi connectivity index (χ1n) is 6.41. The summed E-state index contributed by atoms with van der Waals surface area (Å²) in [5.41, 5.74) is 0.384. The molecule has 0 saturated carbocycles. The SMILES string of the molecule is CCOC(=O)c1c2c(cc(C(C)C(=O)O)c1OC)OCO2. The number of carbonyl (C=O) groups excluding carboxylic acids is 1. The van der Waals surface area contributed by atoms with Gasteiger partial charge in [0.05, 0.1) is 19.6 Å². The summed E-state index contributed by atoms with van der Waals surface area (Å²) in [5.74, 6) is -1.90. The van der Waals surface area contributed by atoms with E-state index in [1.807, 2.05) is 0 Å². The lowest BCUT2D eigenvalue weighted by atomic mass is 9.96. The third kappa shape index (κ3) is 2.58. The van der Waals surface area contributed by atoms with Crippen LogP contribution in [0, 0.1) is 0 Å². The summed E-state index contributed by atoms with van der Waals surface area (Å²) in [5, 5.41) is 9.19. The van der Waals surface area contributed by atoms with Gasteiger partial charge < -0.3 is 24.1 Å². The maximum Gasteiger partial charge on any atom is 0.345 e. The number of ether oxygens (including phenoxy) is 4. The molecule has 21 heavy (non-hydrogen) atoms. The van der Waals surface area contributed by atoms with Crippen molar-refractivity contribution < 1.29 is 33.6 Å². The summed E-state index contributed by atoms with van der Waals surface area (Å²) in [6.45, 7) is 3.30. The van der Waals surface area contributed by atoms with Crippen LogP contribution < -0.4 is 14.2 Å². The summed E-state index contributed by atoms with van der Waals surface area (Å²) in [4.78, 5) is 23.4. The van der Waals surface area contributed by atoms with Crippen molar-refractivity contribution in [3.05, 3.63) is 17.2 Å². The molecule has 1 aliphatic heterocycles. The van der Waals surface area contributed by atoms with E-state index in [1.54, 1.807) is 6.92 Å². The maximum absolute atomic E-state index is 12.1. The fourth-order valence-corrected chi connectivity index (χ4v) is 2.11. The predicted molar refractivity (Wildman–Crippen MR) is 71.1 cm³/mol. The number of carboxylic acid groups (broad SMARTS) is 1. The van der Waals surface area contributed by atoms with E-state index in [1.165, 1.54) is 20.1 Å². The molecule has 7 nitrogen and oxygen atoms in total. The van der Waals surface area contributed by atoms with Gasteiger partial charge in [-0.15, -0.1) is 0 Å². The zero-order valence-corrected chi connectivity index (χ0v) is 12.0. The molecule has 1 atom stereocenters. The van der Waals surface area contributed by atoms with E-state index in [9.17, 15) is 14.7 Å². The molecular formula is C14H16O7. The van der Waals surface area contributed by atoms with Gasteiger partial charge in [-0.25, -0.2) is 4.79 Å². The van der Waals surface area contributed by atoms with Crippen LogP contribution in [0.5, 0.6) is 17.2 Å². The van der Waals surface area contributed by atoms with Crippen molar-refractivity contribution in [2.75, 3.05) is 20.5 Å². The third-order valence-corrected chi connectivity index (χ3v) is 3.17. The lowest BCUT2D eigenvalue weighted by Gasteiger charge is -2.17. The highest BCUT2D eigenvalue weighted by molar-refractivity contribution is 5.98. The van der Waals surface area contributed by atoms with Gasteiger partial charge in [0.25, 0.3) is 0 Å². The van der Waals surface area contributed by atoms with Crippen molar-refractivity contribution in [2.45, 2.75) is 19.8 Å². The zero-order chi connectivity index (χ0) is 15.6. The summed E-state index contributed by atoms with van der Waals surface area (Å²) < 4.78 is 20.8. The van der Waals surface area contributed by atoms with Crippen molar-refractivity contribution in [1.82, 2.24) is 0 Å². The molecule has 0 bridgehead atoms. The topological polar surface area (TPSA) is 91.3 Å². The highest BCUT2D eigenvalue weighted by Gasteiger charge is 2.33. The number of carboxylic acids is 1. The van der Waals surface area contributed by atoms with E-state index in [0.29, 0.717) is 11.3 Å². The summed E-state index contributed by atoms with van der Waals surface area (Å²) in [6, 6.07) is 1.52. The molecule has 1 aliphatic rings. The fraction of sp³-hybridized carbons (Fsp3) is 0.429. The Kier molecular flexibility index (Phi) is 4.21. The molecule has 0 fully saturated rings. The second-order valence-electron chi connectivity index (χ2n) is 4.39. The lowest BCUT2D eigenvalue weighted by molar-refractivity contribution is -0.138. The normalized spacial score (nSPS) is 13.7. The summed E-state index contributed by atoms with van der Waals surface area (Å²) >= 11 is 0.